The maximum absolute atomic E-state index is 13.1. The highest BCUT2D eigenvalue weighted by atomic mass is 16.3. The molecule has 5 nitrogen and oxygen atoms in total. The number of amides is 1. The Morgan fingerprint density at radius 1 is 1.07 bits per heavy atom. The molecule has 0 radical (unpaired) electrons. The summed E-state index contributed by atoms with van der Waals surface area (Å²) in [6, 6.07) is 17.5. The Hall–Kier alpha value is -2.63. The maximum atomic E-state index is 13.1. The highest BCUT2D eigenvalue weighted by molar-refractivity contribution is 6.05. The lowest BCUT2D eigenvalue weighted by Gasteiger charge is -2.23. The second-order valence-electron chi connectivity index (χ2n) is 7.78. The van der Waals surface area contributed by atoms with Crippen LogP contribution in [0.25, 0.3) is 11.0 Å². The maximum Gasteiger partial charge on any atom is 0.257 e. The van der Waals surface area contributed by atoms with Crippen molar-refractivity contribution in [2.24, 2.45) is 0 Å². The van der Waals surface area contributed by atoms with Crippen molar-refractivity contribution >= 4 is 16.9 Å². The molecule has 0 spiro atoms. The van der Waals surface area contributed by atoms with Crippen molar-refractivity contribution in [3.05, 3.63) is 71.5 Å². The van der Waals surface area contributed by atoms with E-state index in [1.807, 2.05) is 66.4 Å². The van der Waals surface area contributed by atoms with E-state index in [9.17, 15) is 9.90 Å². The Morgan fingerprint density at radius 2 is 1.90 bits per heavy atom. The Labute approximate surface area is 171 Å². The van der Waals surface area contributed by atoms with Gasteiger partial charge < -0.3 is 19.3 Å². The first-order valence-electron chi connectivity index (χ1n) is 10.4. The number of rotatable bonds is 5. The van der Waals surface area contributed by atoms with E-state index in [-0.39, 0.29) is 5.91 Å². The number of furan rings is 1. The number of aliphatic hydroxyl groups is 1. The summed E-state index contributed by atoms with van der Waals surface area (Å²) in [4.78, 5) is 17.4. The van der Waals surface area contributed by atoms with E-state index in [1.54, 1.807) is 0 Å². The van der Waals surface area contributed by atoms with Gasteiger partial charge in [0.25, 0.3) is 5.91 Å². The number of aliphatic hydroxyl groups excluding tert-OH is 1. The molecule has 1 aliphatic heterocycles. The van der Waals surface area contributed by atoms with E-state index in [0.717, 1.165) is 49.3 Å². The third-order valence-corrected chi connectivity index (χ3v) is 5.68. The molecule has 0 saturated carbocycles. The molecule has 2 heterocycles. The third kappa shape index (κ3) is 4.52. The molecule has 0 aliphatic carbocycles. The van der Waals surface area contributed by atoms with Crippen LogP contribution in [0, 0.1) is 6.92 Å². The second-order valence-corrected chi connectivity index (χ2v) is 7.78. The molecule has 5 heteroatoms. The van der Waals surface area contributed by atoms with E-state index >= 15 is 0 Å². The first-order chi connectivity index (χ1) is 14.1. The van der Waals surface area contributed by atoms with E-state index in [2.05, 4.69) is 4.90 Å². The molecule has 1 amide bonds. The Balaban J connectivity index is 1.36. The fourth-order valence-electron chi connectivity index (χ4n) is 4.07. The molecule has 2 aromatic carbocycles. The molecule has 1 atom stereocenters. The van der Waals surface area contributed by atoms with Gasteiger partial charge in [0.05, 0.1) is 11.7 Å². The molecule has 0 unspecified atom stereocenters. The average molecular weight is 392 g/mol. The minimum absolute atomic E-state index is 0.0381. The lowest BCUT2D eigenvalue weighted by atomic mass is 10.1. The number of hydrogen-bond donors (Lipinski definition) is 1. The number of hydrogen-bond acceptors (Lipinski definition) is 4. The zero-order chi connectivity index (χ0) is 20.2. The van der Waals surface area contributed by atoms with Crippen molar-refractivity contribution in [2.75, 3.05) is 32.7 Å². The summed E-state index contributed by atoms with van der Waals surface area (Å²) < 4.78 is 5.78. The van der Waals surface area contributed by atoms with E-state index in [0.29, 0.717) is 24.1 Å². The normalized spacial score (nSPS) is 16.7. The van der Waals surface area contributed by atoms with E-state index < -0.39 is 6.10 Å². The largest absolute Gasteiger partial charge is 0.461 e. The van der Waals surface area contributed by atoms with Crippen LogP contribution >= 0.6 is 0 Å². The summed E-state index contributed by atoms with van der Waals surface area (Å²) in [6.07, 6.45) is 1.18. The smallest absolute Gasteiger partial charge is 0.257 e. The van der Waals surface area contributed by atoms with Gasteiger partial charge in [-0.25, -0.2) is 0 Å². The zero-order valence-corrected chi connectivity index (χ0v) is 16.9. The van der Waals surface area contributed by atoms with Crippen LogP contribution in [0.3, 0.4) is 0 Å². The molecule has 1 aromatic heterocycles. The molecule has 1 saturated heterocycles. The molecule has 1 aliphatic rings. The number of nitrogens with zero attached hydrogens (tertiary/aromatic N) is 2. The molecule has 3 aromatic rings. The Bertz CT molecular complexity index is 967. The molecule has 152 valence electrons. The monoisotopic (exact) mass is 392 g/mol. The van der Waals surface area contributed by atoms with Gasteiger partial charge in [0.2, 0.25) is 0 Å². The SMILES string of the molecule is Cc1cc2cccc(C(=O)N3CCCN(CC[C@@H](O)c4ccccc4)CC3)c2o1. The van der Waals surface area contributed by atoms with Gasteiger partial charge in [0.1, 0.15) is 11.3 Å². The third-order valence-electron chi connectivity index (χ3n) is 5.68. The highest BCUT2D eigenvalue weighted by Crippen LogP contribution is 2.24. The van der Waals surface area contributed by atoms with Gasteiger partial charge >= 0.3 is 0 Å². The molecule has 1 fully saturated rings. The van der Waals surface area contributed by atoms with Crippen molar-refractivity contribution in [3.8, 4) is 0 Å². The molecule has 29 heavy (non-hydrogen) atoms. The average Bonchev–Trinajstić information content (AvgIpc) is 2.97. The summed E-state index contributed by atoms with van der Waals surface area (Å²) in [5, 5.41) is 11.4. The predicted molar refractivity (Wildman–Crippen MR) is 114 cm³/mol. The fourth-order valence-corrected chi connectivity index (χ4v) is 4.07. The number of aryl methyl sites for hydroxylation is 1. The van der Waals surface area contributed by atoms with Crippen LogP contribution in [0.5, 0.6) is 0 Å². The van der Waals surface area contributed by atoms with E-state index in [4.69, 9.17) is 4.42 Å². The standard InChI is InChI=1S/C24H28N2O3/c1-18-17-20-9-5-10-21(23(20)29-18)24(28)26-13-6-12-25(15-16-26)14-11-22(27)19-7-3-2-4-8-19/h2-5,7-10,17,22,27H,6,11-16H2,1H3/t22-/m1/s1. The van der Waals surface area contributed by atoms with Gasteiger partial charge in [-0.15, -0.1) is 0 Å². The minimum Gasteiger partial charge on any atom is -0.461 e. The van der Waals surface area contributed by atoms with Crippen LogP contribution < -0.4 is 0 Å². The quantitative estimate of drug-likeness (QED) is 0.713. The molecular formula is C24H28N2O3. The van der Waals surface area contributed by atoms with E-state index in [1.165, 1.54) is 0 Å². The van der Waals surface area contributed by atoms with Crippen LogP contribution in [0.2, 0.25) is 0 Å². The second kappa shape index (κ2) is 8.80. The van der Waals surface area contributed by atoms with Gasteiger partial charge in [-0.1, -0.05) is 42.5 Å². The minimum atomic E-state index is -0.447. The van der Waals surface area contributed by atoms with Crippen molar-refractivity contribution in [1.82, 2.24) is 9.80 Å². The van der Waals surface area contributed by atoms with Gasteiger partial charge in [0.15, 0.2) is 0 Å². The van der Waals surface area contributed by atoms with Gasteiger partial charge in [-0.05, 0) is 44.0 Å². The Kier molecular flexibility index (Phi) is 5.97. The first-order valence-corrected chi connectivity index (χ1v) is 10.4. The van der Waals surface area contributed by atoms with Crippen molar-refractivity contribution in [1.29, 1.82) is 0 Å². The molecule has 1 N–H and O–H groups in total. The molecule has 4 rings (SSSR count). The van der Waals surface area contributed by atoms with Crippen LogP contribution in [-0.4, -0.2) is 53.5 Å². The van der Waals surface area contributed by atoms with Crippen molar-refractivity contribution in [3.63, 3.8) is 0 Å². The lowest BCUT2D eigenvalue weighted by Crippen LogP contribution is -2.35. The Morgan fingerprint density at radius 3 is 2.72 bits per heavy atom. The number of carbonyl (C=O) groups excluding carboxylic acids is 1. The first kappa shape index (κ1) is 19.7. The zero-order valence-electron chi connectivity index (χ0n) is 16.9. The van der Waals surface area contributed by atoms with Crippen molar-refractivity contribution < 1.29 is 14.3 Å². The number of fused-ring (bicyclic) bond motifs is 1. The van der Waals surface area contributed by atoms with Gasteiger partial charge in [-0.3, -0.25) is 4.79 Å². The summed E-state index contributed by atoms with van der Waals surface area (Å²) in [5.74, 6) is 0.857. The molecular weight excluding hydrogens is 364 g/mol. The molecule has 0 bridgehead atoms. The summed E-state index contributed by atoms with van der Waals surface area (Å²) >= 11 is 0. The summed E-state index contributed by atoms with van der Waals surface area (Å²) in [6.45, 7) is 5.92. The van der Waals surface area contributed by atoms with Crippen LogP contribution in [0.15, 0.2) is 59.0 Å². The number of benzene rings is 2. The van der Waals surface area contributed by atoms with Crippen LogP contribution in [0.4, 0.5) is 0 Å². The summed E-state index contributed by atoms with van der Waals surface area (Å²) in [7, 11) is 0. The summed E-state index contributed by atoms with van der Waals surface area (Å²) in [5.41, 5.74) is 2.28. The van der Waals surface area contributed by atoms with Crippen LogP contribution in [0.1, 0.15) is 40.6 Å². The van der Waals surface area contributed by atoms with Crippen LogP contribution in [-0.2, 0) is 0 Å². The lowest BCUT2D eigenvalue weighted by molar-refractivity contribution is 0.0760. The van der Waals surface area contributed by atoms with Gasteiger partial charge in [0, 0.05) is 31.6 Å². The van der Waals surface area contributed by atoms with Crippen molar-refractivity contribution in [2.45, 2.75) is 25.9 Å². The predicted octanol–water partition coefficient (Wildman–Crippen LogP) is 4.01. The highest BCUT2D eigenvalue weighted by Gasteiger charge is 2.23. The number of para-hydroxylation sites is 1. The van der Waals surface area contributed by atoms with Gasteiger partial charge in [-0.2, -0.15) is 0 Å². The topological polar surface area (TPSA) is 56.9 Å². The number of carbonyl (C=O) groups is 1. The fraction of sp³-hybridized carbons (Fsp3) is 0.375.